The van der Waals surface area contributed by atoms with Crippen LogP contribution in [-0.4, -0.2) is 54.9 Å². The van der Waals surface area contributed by atoms with Crippen LogP contribution >= 0.6 is 0 Å². The smallest absolute Gasteiger partial charge is 0.470 e. The van der Waals surface area contributed by atoms with Gasteiger partial charge < -0.3 is 19.2 Å². The molecule has 1 amide bonds. The second-order valence-electron chi connectivity index (χ2n) is 6.61. The standard InChI is InChI=1S/C18H21F3N4O4/c1-27-12-3-4-14(28-2)13(9-12)22-15(26)10-25-7-5-11(6-8-25)16-23-24-17(29-16)18(19,20)21/h3-4,9,11H,5-8,10H2,1-2H3,(H,22,26). The Morgan fingerprint density at radius 1 is 1.24 bits per heavy atom. The molecule has 1 aromatic heterocycles. The molecule has 1 aliphatic heterocycles. The van der Waals surface area contributed by atoms with Crippen molar-refractivity contribution in [3.8, 4) is 11.5 Å². The van der Waals surface area contributed by atoms with Crippen molar-refractivity contribution in [2.75, 3.05) is 39.2 Å². The third kappa shape index (κ3) is 5.17. The highest BCUT2D eigenvalue weighted by molar-refractivity contribution is 5.94. The number of anilines is 1. The minimum atomic E-state index is -4.65. The van der Waals surface area contributed by atoms with E-state index in [0.717, 1.165) is 0 Å². The highest BCUT2D eigenvalue weighted by atomic mass is 19.4. The lowest BCUT2D eigenvalue weighted by Crippen LogP contribution is -2.38. The largest absolute Gasteiger partial charge is 0.497 e. The second kappa shape index (κ2) is 8.68. The van der Waals surface area contributed by atoms with E-state index in [1.165, 1.54) is 14.2 Å². The summed E-state index contributed by atoms with van der Waals surface area (Å²) in [6.07, 6.45) is -3.60. The van der Waals surface area contributed by atoms with Crippen molar-refractivity contribution >= 4 is 11.6 Å². The third-order valence-corrected chi connectivity index (χ3v) is 4.67. The number of piperidine rings is 1. The van der Waals surface area contributed by atoms with Gasteiger partial charge in [-0.2, -0.15) is 13.2 Å². The first kappa shape index (κ1) is 20.9. The fourth-order valence-electron chi connectivity index (χ4n) is 3.16. The van der Waals surface area contributed by atoms with E-state index in [0.29, 0.717) is 43.1 Å². The number of nitrogens with zero attached hydrogens (tertiary/aromatic N) is 3. The van der Waals surface area contributed by atoms with Crippen molar-refractivity contribution in [1.29, 1.82) is 0 Å². The summed E-state index contributed by atoms with van der Waals surface area (Å²) in [5, 5.41) is 9.38. The van der Waals surface area contributed by atoms with E-state index in [1.54, 1.807) is 18.2 Å². The molecule has 0 unspecified atom stereocenters. The number of benzene rings is 1. The molecule has 158 valence electrons. The van der Waals surface area contributed by atoms with Gasteiger partial charge in [0.15, 0.2) is 0 Å². The zero-order valence-corrected chi connectivity index (χ0v) is 16.0. The number of ether oxygens (including phenoxy) is 2. The first-order valence-electron chi connectivity index (χ1n) is 8.95. The molecule has 0 bridgehead atoms. The molecule has 3 rings (SSSR count). The number of methoxy groups -OCH3 is 2. The maximum absolute atomic E-state index is 12.6. The molecule has 8 nitrogen and oxygen atoms in total. The van der Waals surface area contributed by atoms with Gasteiger partial charge in [-0.3, -0.25) is 9.69 Å². The maximum atomic E-state index is 12.6. The van der Waals surface area contributed by atoms with Gasteiger partial charge in [-0.1, -0.05) is 0 Å². The molecule has 1 aliphatic rings. The van der Waals surface area contributed by atoms with E-state index >= 15 is 0 Å². The summed E-state index contributed by atoms with van der Waals surface area (Å²) in [5.74, 6) is -0.734. The van der Waals surface area contributed by atoms with Gasteiger partial charge >= 0.3 is 12.1 Å². The molecule has 11 heteroatoms. The van der Waals surface area contributed by atoms with Gasteiger partial charge in [0.05, 0.1) is 26.5 Å². The molecule has 0 atom stereocenters. The van der Waals surface area contributed by atoms with Gasteiger partial charge in [-0.05, 0) is 38.1 Å². The van der Waals surface area contributed by atoms with E-state index in [4.69, 9.17) is 13.9 Å². The van der Waals surface area contributed by atoms with Crippen LogP contribution in [-0.2, 0) is 11.0 Å². The molecule has 0 radical (unpaired) electrons. The average Bonchev–Trinajstić information content (AvgIpc) is 3.19. The van der Waals surface area contributed by atoms with Crippen LogP contribution in [0.15, 0.2) is 22.6 Å². The number of amides is 1. The van der Waals surface area contributed by atoms with Crippen molar-refractivity contribution < 1.29 is 31.9 Å². The minimum Gasteiger partial charge on any atom is -0.497 e. The summed E-state index contributed by atoms with van der Waals surface area (Å²) in [5.41, 5.74) is 0.497. The normalized spacial score (nSPS) is 15.9. The number of carbonyl (C=O) groups excluding carboxylic acids is 1. The maximum Gasteiger partial charge on any atom is 0.470 e. The lowest BCUT2D eigenvalue weighted by molar-refractivity contribution is -0.157. The Balaban J connectivity index is 1.53. The summed E-state index contributed by atoms with van der Waals surface area (Å²) in [6.45, 7) is 1.19. The van der Waals surface area contributed by atoms with Gasteiger partial charge in [-0.25, -0.2) is 0 Å². The Bertz CT molecular complexity index is 848. The van der Waals surface area contributed by atoms with E-state index in [2.05, 4.69) is 15.5 Å². The van der Waals surface area contributed by atoms with E-state index in [1.807, 2.05) is 4.90 Å². The summed E-state index contributed by atoms with van der Waals surface area (Å²) in [4.78, 5) is 14.3. The Morgan fingerprint density at radius 2 is 1.97 bits per heavy atom. The summed E-state index contributed by atoms with van der Waals surface area (Å²) in [7, 11) is 3.03. The van der Waals surface area contributed by atoms with Gasteiger partial charge in [0.1, 0.15) is 11.5 Å². The van der Waals surface area contributed by atoms with Gasteiger partial charge in [0.2, 0.25) is 11.8 Å². The first-order chi connectivity index (χ1) is 13.8. The number of hydrogen-bond donors (Lipinski definition) is 1. The molecule has 0 aliphatic carbocycles. The van der Waals surface area contributed by atoms with Crippen LogP contribution < -0.4 is 14.8 Å². The zero-order valence-electron chi connectivity index (χ0n) is 16.0. The van der Waals surface area contributed by atoms with Crippen molar-refractivity contribution in [3.05, 3.63) is 30.0 Å². The Labute approximate surface area is 165 Å². The number of nitrogens with one attached hydrogen (secondary N) is 1. The van der Waals surface area contributed by atoms with E-state index in [9.17, 15) is 18.0 Å². The summed E-state index contributed by atoms with van der Waals surface area (Å²) < 4.78 is 52.9. The van der Waals surface area contributed by atoms with Crippen LogP contribution in [0.4, 0.5) is 18.9 Å². The molecule has 2 aromatic rings. The van der Waals surface area contributed by atoms with Crippen LogP contribution in [0.2, 0.25) is 0 Å². The average molecular weight is 414 g/mol. The Hall–Kier alpha value is -2.82. The SMILES string of the molecule is COc1ccc(OC)c(NC(=O)CN2CCC(c3nnc(C(F)(F)F)o3)CC2)c1. The zero-order chi connectivity index (χ0) is 21.0. The molecule has 1 N–H and O–H groups in total. The van der Waals surface area contributed by atoms with Crippen LogP contribution in [0.25, 0.3) is 0 Å². The van der Waals surface area contributed by atoms with E-state index < -0.39 is 12.1 Å². The number of rotatable bonds is 6. The van der Waals surface area contributed by atoms with Crippen LogP contribution in [0.1, 0.15) is 30.5 Å². The summed E-state index contributed by atoms with van der Waals surface area (Å²) >= 11 is 0. The lowest BCUT2D eigenvalue weighted by atomic mass is 9.97. The van der Waals surface area contributed by atoms with Gasteiger partial charge in [0.25, 0.3) is 0 Å². The third-order valence-electron chi connectivity index (χ3n) is 4.67. The van der Waals surface area contributed by atoms with Crippen molar-refractivity contribution in [1.82, 2.24) is 15.1 Å². The number of carbonyl (C=O) groups is 1. The minimum absolute atomic E-state index is 0.0115. The van der Waals surface area contributed by atoms with E-state index in [-0.39, 0.29) is 24.3 Å². The topological polar surface area (TPSA) is 89.7 Å². The molecular formula is C18H21F3N4O4. The molecule has 1 saturated heterocycles. The number of alkyl halides is 3. The lowest BCUT2D eigenvalue weighted by Gasteiger charge is -2.29. The molecule has 29 heavy (non-hydrogen) atoms. The first-order valence-corrected chi connectivity index (χ1v) is 8.95. The highest BCUT2D eigenvalue weighted by Crippen LogP contribution is 2.33. The monoisotopic (exact) mass is 414 g/mol. The van der Waals surface area contributed by atoms with Crippen molar-refractivity contribution in [3.63, 3.8) is 0 Å². The van der Waals surface area contributed by atoms with Crippen molar-refractivity contribution in [2.24, 2.45) is 0 Å². The Morgan fingerprint density at radius 3 is 2.55 bits per heavy atom. The summed E-state index contributed by atoms with van der Waals surface area (Å²) in [6, 6.07) is 5.08. The predicted octanol–water partition coefficient (Wildman–Crippen LogP) is 2.92. The fraction of sp³-hybridized carbons (Fsp3) is 0.500. The number of aromatic nitrogens is 2. The number of hydrogen-bond acceptors (Lipinski definition) is 7. The molecule has 2 heterocycles. The van der Waals surface area contributed by atoms with Crippen molar-refractivity contribution in [2.45, 2.75) is 24.9 Å². The number of halogens is 3. The second-order valence-corrected chi connectivity index (χ2v) is 6.61. The number of likely N-dealkylation sites (tertiary alicyclic amines) is 1. The van der Waals surface area contributed by atoms with Gasteiger partial charge in [0, 0.05) is 12.0 Å². The van der Waals surface area contributed by atoms with Crippen LogP contribution in [0.3, 0.4) is 0 Å². The molecule has 0 saturated carbocycles. The highest BCUT2D eigenvalue weighted by Gasteiger charge is 2.39. The quantitative estimate of drug-likeness (QED) is 0.777. The van der Waals surface area contributed by atoms with Gasteiger partial charge in [-0.15, -0.1) is 10.2 Å². The molecule has 1 fully saturated rings. The van der Waals surface area contributed by atoms with Crippen LogP contribution in [0.5, 0.6) is 11.5 Å². The molecule has 0 spiro atoms. The molecular weight excluding hydrogens is 393 g/mol. The van der Waals surface area contributed by atoms with Crippen LogP contribution in [0, 0.1) is 0 Å². The fourth-order valence-corrected chi connectivity index (χ4v) is 3.16. The Kier molecular flexibility index (Phi) is 6.26. The molecule has 1 aromatic carbocycles. The predicted molar refractivity (Wildman–Crippen MR) is 95.9 cm³/mol.